The van der Waals surface area contributed by atoms with Crippen LogP contribution in [0, 0.1) is 0 Å². The largest absolute Gasteiger partial charge is 0.473 e. The molecule has 0 bridgehead atoms. The summed E-state index contributed by atoms with van der Waals surface area (Å²) in [6, 6.07) is 1.97. The van der Waals surface area contributed by atoms with Gasteiger partial charge in [-0.3, -0.25) is 9.69 Å². The van der Waals surface area contributed by atoms with Gasteiger partial charge < -0.3 is 29.3 Å². The Labute approximate surface area is 198 Å². The Balaban J connectivity index is 0.000000481. The smallest absolute Gasteiger partial charge is 0.414 e. The number of carboxylic acid groups (broad SMARTS) is 2. The van der Waals surface area contributed by atoms with Crippen molar-refractivity contribution in [1.82, 2.24) is 24.8 Å². The number of carboxylic acids is 2. The SMILES string of the molecule is CCOC(=O)N1CCN(C(=O)CN2CC(c3nc(-c4ccsc4)no3)C2)CC1.O=C(O)C(=O)O. The number of nitrogens with zero attached hydrogens (tertiary/aromatic N) is 5. The Kier molecular flexibility index (Phi) is 8.54. The number of carbonyl (C=O) groups is 4. The van der Waals surface area contributed by atoms with E-state index in [4.69, 9.17) is 29.1 Å². The Morgan fingerprint density at radius 2 is 1.76 bits per heavy atom. The van der Waals surface area contributed by atoms with Gasteiger partial charge in [0.1, 0.15) is 0 Å². The van der Waals surface area contributed by atoms with Crippen molar-refractivity contribution in [3.05, 3.63) is 22.7 Å². The van der Waals surface area contributed by atoms with Crippen LogP contribution in [-0.4, -0.2) is 111 Å². The van der Waals surface area contributed by atoms with E-state index < -0.39 is 11.9 Å². The van der Waals surface area contributed by atoms with Crippen LogP contribution >= 0.6 is 11.3 Å². The standard InChI is InChI=1S/C18H23N5O4S.C2H2O4/c1-2-26-18(25)23-6-4-22(5-7-23)15(24)11-21-9-14(10-21)17-19-16(20-27-17)13-3-8-28-12-13;3-1(4)2(5)6/h3,8,12,14H,2,4-7,9-11H2,1H3;(H,3,4)(H,5,6). The second kappa shape index (κ2) is 11.6. The molecule has 0 saturated carbocycles. The first-order valence-electron chi connectivity index (χ1n) is 10.5. The number of piperazine rings is 1. The second-order valence-electron chi connectivity index (χ2n) is 7.54. The number of likely N-dealkylation sites (tertiary alicyclic amines) is 1. The highest BCUT2D eigenvalue weighted by molar-refractivity contribution is 7.08. The predicted molar refractivity (Wildman–Crippen MR) is 117 cm³/mol. The number of thiophene rings is 1. The topological polar surface area (TPSA) is 167 Å². The number of aromatic nitrogens is 2. The first-order valence-corrected chi connectivity index (χ1v) is 11.5. The average molecular weight is 496 g/mol. The molecule has 0 spiro atoms. The third-order valence-electron chi connectivity index (χ3n) is 5.23. The van der Waals surface area contributed by atoms with Gasteiger partial charge in [-0.2, -0.15) is 16.3 Å². The molecule has 0 atom stereocenters. The molecule has 4 heterocycles. The van der Waals surface area contributed by atoms with Gasteiger partial charge in [-0.25, -0.2) is 14.4 Å². The normalized spacial score (nSPS) is 16.3. The first-order chi connectivity index (χ1) is 16.3. The molecule has 2 amide bonds. The van der Waals surface area contributed by atoms with E-state index in [9.17, 15) is 9.59 Å². The van der Waals surface area contributed by atoms with Gasteiger partial charge in [-0.05, 0) is 18.4 Å². The van der Waals surface area contributed by atoms with Gasteiger partial charge in [-0.1, -0.05) is 5.16 Å². The third kappa shape index (κ3) is 6.51. The van der Waals surface area contributed by atoms with Crippen LogP contribution in [0.25, 0.3) is 11.4 Å². The molecule has 4 rings (SSSR count). The summed E-state index contributed by atoms with van der Waals surface area (Å²) in [7, 11) is 0. The quantitative estimate of drug-likeness (QED) is 0.559. The molecule has 2 aromatic heterocycles. The predicted octanol–water partition coefficient (Wildman–Crippen LogP) is 0.654. The minimum absolute atomic E-state index is 0.0893. The van der Waals surface area contributed by atoms with Crippen molar-refractivity contribution in [2.45, 2.75) is 12.8 Å². The maximum atomic E-state index is 12.5. The van der Waals surface area contributed by atoms with Gasteiger partial charge in [0.05, 0.1) is 19.1 Å². The molecule has 14 heteroatoms. The molecular weight excluding hydrogens is 470 g/mol. The van der Waals surface area contributed by atoms with E-state index >= 15 is 0 Å². The highest BCUT2D eigenvalue weighted by Crippen LogP contribution is 2.28. The number of hydrogen-bond donors (Lipinski definition) is 2. The molecule has 0 radical (unpaired) electrons. The van der Waals surface area contributed by atoms with Crippen molar-refractivity contribution in [2.75, 3.05) is 52.4 Å². The minimum atomic E-state index is -1.82. The maximum absolute atomic E-state index is 12.5. The molecule has 2 aromatic rings. The van der Waals surface area contributed by atoms with E-state index in [2.05, 4.69) is 15.0 Å². The zero-order valence-electron chi connectivity index (χ0n) is 18.5. The van der Waals surface area contributed by atoms with E-state index in [0.717, 1.165) is 18.7 Å². The monoisotopic (exact) mass is 495 g/mol. The highest BCUT2D eigenvalue weighted by Gasteiger charge is 2.35. The summed E-state index contributed by atoms with van der Waals surface area (Å²) in [5.74, 6) is -2.14. The van der Waals surface area contributed by atoms with Crippen molar-refractivity contribution in [1.29, 1.82) is 0 Å². The van der Waals surface area contributed by atoms with Crippen molar-refractivity contribution in [2.24, 2.45) is 0 Å². The summed E-state index contributed by atoms with van der Waals surface area (Å²) in [4.78, 5) is 52.4. The lowest BCUT2D eigenvalue weighted by atomic mass is 10.00. The fourth-order valence-electron chi connectivity index (χ4n) is 3.41. The molecule has 0 unspecified atom stereocenters. The highest BCUT2D eigenvalue weighted by atomic mass is 32.1. The number of aliphatic carboxylic acids is 2. The van der Waals surface area contributed by atoms with Gasteiger partial charge in [0.25, 0.3) is 0 Å². The molecule has 2 saturated heterocycles. The van der Waals surface area contributed by atoms with Gasteiger partial charge >= 0.3 is 18.0 Å². The van der Waals surface area contributed by atoms with Crippen LogP contribution in [-0.2, 0) is 19.1 Å². The minimum Gasteiger partial charge on any atom is -0.473 e. The van der Waals surface area contributed by atoms with Crippen LogP contribution < -0.4 is 0 Å². The Hall–Kier alpha value is -3.52. The summed E-state index contributed by atoms with van der Waals surface area (Å²) < 4.78 is 10.4. The zero-order valence-corrected chi connectivity index (χ0v) is 19.3. The number of hydrogen-bond acceptors (Lipinski definition) is 10. The Morgan fingerprint density at radius 1 is 1.12 bits per heavy atom. The first kappa shape index (κ1) is 25.1. The van der Waals surface area contributed by atoms with Crippen molar-refractivity contribution >= 4 is 35.3 Å². The van der Waals surface area contributed by atoms with Crippen molar-refractivity contribution < 1.29 is 38.7 Å². The third-order valence-corrected chi connectivity index (χ3v) is 5.91. The molecule has 34 heavy (non-hydrogen) atoms. The van der Waals surface area contributed by atoms with Gasteiger partial charge in [0, 0.05) is 50.2 Å². The van der Waals surface area contributed by atoms with Crippen LogP contribution in [0.5, 0.6) is 0 Å². The Bertz CT molecular complexity index is 985. The van der Waals surface area contributed by atoms with Crippen LogP contribution in [0.4, 0.5) is 4.79 Å². The average Bonchev–Trinajstić information content (AvgIpc) is 3.48. The van der Waals surface area contributed by atoms with Crippen LogP contribution in [0.3, 0.4) is 0 Å². The summed E-state index contributed by atoms with van der Waals surface area (Å²) in [5.41, 5.74) is 0.966. The number of amides is 2. The summed E-state index contributed by atoms with van der Waals surface area (Å²) in [6.07, 6.45) is -0.304. The van der Waals surface area contributed by atoms with Crippen LogP contribution in [0.1, 0.15) is 18.7 Å². The van der Waals surface area contributed by atoms with Crippen LogP contribution in [0.15, 0.2) is 21.3 Å². The van der Waals surface area contributed by atoms with E-state index in [1.807, 2.05) is 21.7 Å². The summed E-state index contributed by atoms with van der Waals surface area (Å²) in [5, 5.41) is 22.8. The summed E-state index contributed by atoms with van der Waals surface area (Å²) >= 11 is 1.60. The molecule has 2 aliphatic rings. The van der Waals surface area contributed by atoms with E-state index in [0.29, 0.717) is 51.0 Å². The molecule has 2 N–H and O–H groups in total. The molecule has 2 aliphatic heterocycles. The number of ether oxygens (including phenoxy) is 1. The zero-order chi connectivity index (χ0) is 24.7. The van der Waals surface area contributed by atoms with Gasteiger partial charge in [-0.15, -0.1) is 0 Å². The maximum Gasteiger partial charge on any atom is 0.414 e. The lowest BCUT2D eigenvalue weighted by Crippen LogP contribution is -2.55. The number of carbonyl (C=O) groups excluding carboxylic acids is 2. The molecule has 184 valence electrons. The molecule has 0 aliphatic carbocycles. The van der Waals surface area contributed by atoms with Gasteiger partial charge in [0.2, 0.25) is 17.6 Å². The van der Waals surface area contributed by atoms with Crippen molar-refractivity contribution in [3.63, 3.8) is 0 Å². The Morgan fingerprint density at radius 3 is 2.32 bits per heavy atom. The van der Waals surface area contributed by atoms with Crippen LogP contribution in [0.2, 0.25) is 0 Å². The van der Waals surface area contributed by atoms with E-state index in [-0.39, 0.29) is 17.9 Å². The second-order valence-corrected chi connectivity index (χ2v) is 8.32. The molecule has 0 aromatic carbocycles. The van der Waals surface area contributed by atoms with E-state index in [1.165, 1.54) is 0 Å². The summed E-state index contributed by atoms with van der Waals surface area (Å²) in [6.45, 7) is 6.12. The van der Waals surface area contributed by atoms with Crippen molar-refractivity contribution in [3.8, 4) is 11.4 Å². The van der Waals surface area contributed by atoms with E-state index in [1.54, 1.807) is 23.2 Å². The molecule has 13 nitrogen and oxygen atoms in total. The molecule has 2 fully saturated rings. The fourth-order valence-corrected chi connectivity index (χ4v) is 4.04. The van der Waals surface area contributed by atoms with Gasteiger partial charge in [0.15, 0.2) is 0 Å². The fraction of sp³-hybridized carbons (Fsp3) is 0.500. The number of rotatable bonds is 5. The lowest BCUT2D eigenvalue weighted by molar-refractivity contribution is -0.159. The molecular formula is C20H25N5O8S. The lowest BCUT2D eigenvalue weighted by Gasteiger charge is -2.39.